The van der Waals surface area contributed by atoms with E-state index in [1.165, 1.54) is 0 Å². The third-order valence-electron chi connectivity index (χ3n) is 2.28. The Morgan fingerprint density at radius 2 is 1.94 bits per heavy atom. The second-order valence-corrected chi connectivity index (χ2v) is 3.31. The van der Waals surface area contributed by atoms with Crippen LogP contribution in [0.15, 0.2) is 36.4 Å². The fourth-order valence-corrected chi connectivity index (χ4v) is 1.50. The number of hydrogen-bond acceptors (Lipinski definition) is 2. The number of aromatic nitrogens is 2. The highest BCUT2D eigenvalue weighted by atomic mass is 19.3. The van der Waals surface area contributed by atoms with Crippen LogP contribution in [0.25, 0.3) is 11.3 Å². The van der Waals surface area contributed by atoms with E-state index >= 15 is 0 Å². The molecule has 1 aromatic carbocycles. The zero-order valence-corrected chi connectivity index (χ0v) is 8.48. The molecule has 3 nitrogen and oxygen atoms in total. The first-order valence-electron chi connectivity index (χ1n) is 4.84. The smallest absolute Gasteiger partial charge is 0.325 e. The third kappa shape index (κ3) is 1.94. The summed E-state index contributed by atoms with van der Waals surface area (Å²) in [7, 11) is 0. The van der Waals surface area contributed by atoms with Gasteiger partial charge >= 0.3 is 6.55 Å². The Labute approximate surface area is 91.5 Å². The van der Waals surface area contributed by atoms with Crippen molar-refractivity contribution in [1.29, 1.82) is 0 Å². The van der Waals surface area contributed by atoms with Crippen LogP contribution >= 0.6 is 0 Å². The molecule has 5 heteroatoms. The van der Waals surface area contributed by atoms with Crippen LogP contribution in [0.5, 0.6) is 0 Å². The van der Waals surface area contributed by atoms with Gasteiger partial charge in [-0.25, -0.2) is 4.68 Å². The molecule has 2 N–H and O–H groups in total. The van der Waals surface area contributed by atoms with Gasteiger partial charge in [0.15, 0.2) is 0 Å². The van der Waals surface area contributed by atoms with E-state index < -0.39 is 6.55 Å². The van der Waals surface area contributed by atoms with Gasteiger partial charge in [-0.15, -0.1) is 0 Å². The fourth-order valence-electron chi connectivity index (χ4n) is 1.50. The molecule has 2 rings (SSSR count). The predicted molar refractivity (Wildman–Crippen MR) is 56.8 cm³/mol. The lowest BCUT2D eigenvalue weighted by atomic mass is 10.1. The van der Waals surface area contributed by atoms with E-state index in [0.717, 1.165) is 5.56 Å². The zero-order chi connectivity index (χ0) is 11.5. The Morgan fingerprint density at radius 3 is 2.44 bits per heavy atom. The summed E-state index contributed by atoms with van der Waals surface area (Å²) in [5, 5.41) is 3.84. The normalized spacial score (nSPS) is 11.0. The maximum absolute atomic E-state index is 12.6. The molecule has 0 unspecified atom stereocenters. The minimum absolute atomic E-state index is 0.0458. The average molecular weight is 223 g/mol. The molecule has 0 saturated carbocycles. The largest absolute Gasteiger partial charge is 0.333 e. The molecule has 0 spiro atoms. The van der Waals surface area contributed by atoms with Crippen LogP contribution in [-0.4, -0.2) is 9.78 Å². The van der Waals surface area contributed by atoms with Crippen LogP contribution in [-0.2, 0) is 6.54 Å². The Kier molecular flexibility index (Phi) is 2.96. The first kappa shape index (κ1) is 10.8. The number of rotatable bonds is 3. The minimum atomic E-state index is -2.66. The predicted octanol–water partition coefficient (Wildman–Crippen LogP) is 2.40. The Morgan fingerprint density at radius 1 is 1.25 bits per heavy atom. The lowest BCUT2D eigenvalue weighted by Crippen LogP contribution is -2.09. The molecule has 1 aromatic heterocycles. The van der Waals surface area contributed by atoms with E-state index in [-0.39, 0.29) is 6.54 Å². The first-order chi connectivity index (χ1) is 7.72. The third-order valence-corrected chi connectivity index (χ3v) is 2.28. The topological polar surface area (TPSA) is 43.8 Å². The Balaban J connectivity index is 2.44. The SMILES string of the molecule is NCc1cc(-c2ccccc2)nn1C(F)F. The fraction of sp³-hybridized carbons (Fsp3) is 0.182. The molecule has 0 aliphatic rings. The molecule has 0 bridgehead atoms. The minimum Gasteiger partial charge on any atom is -0.325 e. The van der Waals surface area contributed by atoms with E-state index in [4.69, 9.17) is 5.73 Å². The number of nitrogens with two attached hydrogens (primary N) is 1. The zero-order valence-electron chi connectivity index (χ0n) is 8.48. The van der Waals surface area contributed by atoms with Crippen molar-refractivity contribution in [3.63, 3.8) is 0 Å². The van der Waals surface area contributed by atoms with Crippen molar-refractivity contribution in [3.8, 4) is 11.3 Å². The molecule has 1 heterocycles. The van der Waals surface area contributed by atoms with Crippen LogP contribution in [0.4, 0.5) is 8.78 Å². The van der Waals surface area contributed by atoms with E-state index in [2.05, 4.69) is 5.10 Å². The molecule has 0 atom stereocenters. The monoisotopic (exact) mass is 223 g/mol. The highest BCUT2D eigenvalue weighted by molar-refractivity contribution is 5.59. The van der Waals surface area contributed by atoms with Crippen molar-refractivity contribution in [2.75, 3.05) is 0 Å². The van der Waals surface area contributed by atoms with E-state index in [9.17, 15) is 8.78 Å². The van der Waals surface area contributed by atoms with Gasteiger partial charge in [-0.3, -0.25) is 0 Å². The van der Waals surface area contributed by atoms with Crippen molar-refractivity contribution in [2.24, 2.45) is 5.73 Å². The van der Waals surface area contributed by atoms with Gasteiger partial charge in [0.25, 0.3) is 0 Å². The van der Waals surface area contributed by atoms with E-state index in [1.54, 1.807) is 6.07 Å². The number of benzene rings is 1. The van der Waals surface area contributed by atoms with Crippen molar-refractivity contribution in [2.45, 2.75) is 13.1 Å². The van der Waals surface area contributed by atoms with Gasteiger partial charge in [0.2, 0.25) is 0 Å². The van der Waals surface area contributed by atoms with Crippen molar-refractivity contribution < 1.29 is 8.78 Å². The lowest BCUT2D eigenvalue weighted by Gasteiger charge is -2.02. The summed E-state index contributed by atoms with van der Waals surface area (Å²) >= 11 is 0. The molecular formula is C11H11F2N3. The maximum Gasteiger partial charge on any atom is 0.333 e. The molecule has 0 radical (unpaired) electrons. The number of nitrogens with zero attached hydrogens (tertiary/aromatic N) is 2. The molecule has 0 amide bonds. The van der Waals surface area contributed by atoms with Gasteiger partial charge in [0.1, 0.15) is 0 Å². The van der Waals surface area contributed by atoms with Gasteiger partial charge < -0.3 is 5.73 Å². The van der Waals surface area contributed by atoms with Crippen LogP contribution in [0.1, 0.15) is 12.2 Å². The van der Waals surface area contributed by atoms with E-state index in [0.29, 0.717) is 16.1 Å². The summed E-state index contributed by atoms with van der Waals surface area (Å²) < 4.78 is 25.8. The highest BCUT2D eigenvalue weighted by Crippen LogP contribution is 2.21. The van der Waals surface area contributed by atoms with Crippen LogP contribution < -0.4 is 5.73 Å². The second-order valence-electron chi connectivity index (χ2n) is 3.31. The summed E-state index contributed by atoms with van der Waals surface area (Å²) in [5.74, 6) is 0. The standard InChI is InChI=1S/C11H11F2N3/c12-11(13)16-9(7-14)6-10(15-16)8-4-2-1-3-5-8/h1-6,11H,7,14H2. The number of alkyl halides is 2. The van der Waals surface area contributed by atoms with Gasteiger partial charge in [-0.1, -0.05) is 30.3 Å². The van der Waals surface area contributed by atoms with Crippen LogP contribution in [0.3, 0.4) is 0 Å². The average Bonchev–Trinajstić information content (AvgIpc) is 2.74. The van der Waals surface area contributed by atoms with Crippen molar-refractivity contribution >= 4 is 0 Å². The lowest BCUT2D eigenvalue weighted by molar-refractivity contribution is 0.0537. The number of halogens is 2. The van der Waals surface area contributed by atoms with Crippen LogP contribution in [0, 0.1) is 0 Å². The molecule has 0 saturated heterocycles. The van der Waals surface area contributed by atoms with Gasteiger partial charge in [0, 0.05) is 12.1 Å². The molecular weight excluding hydrogens is 212 g/mol. The summed E-state index contributed by atoms with van der Waals surface area (Å²) in [6.07, 6.45) is 0. The second kappa shape index (κ2) is 4.40. The number of hydrogen-bond donors (Lipinski definition) is 1. The molecule has 2 aromatic rings. The van der Waals surface area contributed by atoms with Crippen molar-refractivity contribution in [1.82, 2.24) is 9.78 Å². The highest BCUT2D eigenvalue weighted by Gasteiger charge is 2.14. The van der Waals surface area contributed by atoms with Crippen LogP contribution in [0.2, 0.25) is 0 Å². The summed E-state index contributed by atoms with van der Waals surface area (Å²) in [5.41, 5.74) is 7.03. The van der Waals surface area contributed by atoms with Gasteiger partial charge in [0.05, 0.1) is 11.4 Å². The summed E-state index contributed by atoms with van der Waals surface area (Å²) in [6, 6.07) is 10.7. The Bertz CT molecular complexity index is 465. The Hall–Kier alpha value is -1.75. The van der Waals surface area contributed by atoms with Gasteiger partial charge in [-0.2, -0.15) is 13.9 Å². The first-order valence-corrected chi connectivity index (χ1v) is 4.84. The summed E-state index contributed by atoms with van der Waals surface area (Å²) in [4.78, 5) is 0. The van der Waals surface area contributed by atoms with E-state index in [1.807, 2.05) is 30.3 Å². The molecule has 0 fully saturated rings. The molecule has 16 heavy (non-hydrogen) atoms. The quantitative estimate of drug-likeness (QED) is 0.868. The molecule has 84 valence electrons. The van der Waals surface area contributed by atoms with Crippen molar-refractivity contribution in [3.05, 3.63) is 42.1 Å². The van der Waals surface area contributed by atoms with Gasteiger partial charge in [-0.05, 0) is 6.07 Å². The summed E-state index contributed by atoms with van der Waals surface area (Å²) in [6.45, 7) is -2.61. The molecule has 0 aliphatic heterocycles. The molecule has 0 aliphatic carbocycles. The maximum atomic E-state index is 12.6.